The maximum atomic E-state index is 12.6. The zero-order valence-corrected chi connectivity index (χ0v) is 13.2. The summed E-state index contributed by atoms with van der Waals surface area (Å²) in [6.07, 6.45) is 3.43. The molecule has 1 aliphatic rings. The van der Waals surface area contributed by atoms with E-state index in [2.05, 4.69) is 15.0 Å². The third-order valence-electron chi connectivity index (χ3n) is 4.53. The van der Waals surface area contributed by atoms with Crippen LogP contribution in [0.5, 0.6) is 0 Å². The Morgan fingerprint density at radius 3 is 2.88 bits per heavy atom. The molecule has 0 bridgehead atoms. The van der Waals surface area contributed by atoms with E-state index in [0.29, 0.717) is 12.1 Å². The number of pyridine rings is 1. The number of benzene rings is 1. The van der Waals surface area contributed by atoms with Crippen molar-refractivity contribution in [1.29, 1.82) is 0 Å². The second-order valence-corrected chi connectivity index (χ2v) is 6.17. The van der Waals surface area contributed by atoms with E-state index in [4.69, 9.17) is 0 Å². The van der Waals surface area contributed by atoms with E-state index < -0.39 is 0 Å². The van der Waals surface area contributed by atoms with Crippen molar-refractivity contribution in [1.82, 2.24) is 19.9 Å². The highest BCUT2D eigenvalue weighted by atomic mass is 16.2. The first-order valence-corrected chi connectivity index (χ1v) is 8.13. The van der Waals surface area contributed by atoms with Crippen molar-refractivity contribution in [2.45, 2.75) is 18.8 Å². The third kappa shape index (κ3) is 2.71. The lowest BCUT2D eigenvalue weighted by Crippen LogP contribution is -2.39. The van der Waals surface area contributed by atoms with Gasteiger partial charge in [0.15, 0.2) is 0 Å². The van der Waals surface area contributed by atoms with E-state index >= 15 is 0 Å². The second-order valence-electron chi connectivity index (χ2n) is 6.17. The highest BCUT2D eigenvalue weighted by Gasteiger charge is 2.27. The number of amides is 1. The summed E-state index contributed by atoms with van der Waals surface area (Å²) in [5.74, 6) is 1.10. The Labute approximate surface area is 138 Å². The van der Waals surface area contributed by atoms with Crippen molar-refractivity contribution in [3.8, 4) is 0 Å². The molecule has 2 N–H and O–H groups in total. The Bertz CT molecular complexity index is 890. The molecule has 1 saturated heterocycles. The lowest BCUT2D eigenvalue weighted by atomic mass is 9.97. The van der Waals surface area contributed by atoms with Crippen molar-refractivity contribution < 1.29 is 4.79 Å². The van der Waals surface area contributed by atoms with Crippen molar-refractivity contribution in [3.05, 3.63) is 64.3 Å². The quantitative estimate of drug-likeness (QED) is 0.759. The summed E-state index contributed by atoms with van der Waals surface area (Å²) in [7, 11) is 0. The molecule has 1 fully saturated rings. The normalized spacial score (nSPS) is 18.0. The van der Waals surface area contributed by atoms with Crippen LogP contribution in [-0.2, 0) is 0 Å². The molecule has 0 saturated carbocycles. The van der Waals surface area contributed by atoms with Gasteiger partial charge in [0.05, 0.1) is 16.6 Å². The smallest absolute Gasteiger partial charge is 0.255 e. The van der Waals surface area contributed by atoms with Gasteiger partial charge in [-0.1, -0.05) is 12.1 Å². The molecule has 24 heavy (non-hydrogen) atoms. The maximum absolute atomic E-state index is 12.6. The zero-order valence-electron chi connectivity index (χ0n) is 13.2. The zero-order chi connectivity index (χ0) is 16.5. The Hall–Kier alpha value is -2.89. The summed E-state index contributed by atoms with van der Waals surface area (Å²) >= 11 is 0. The van der Waals surface area contributed by atoms with E-state index in [1.54, 1.807) is 6.07 Å². The molecule has 1 aliphatic heterocycles. The van der Waals surface area contributed by atoms with Crippen LogP contribution < -0.4 is 5.56 Å². The number of likely N-dealkylation sites (tertiary alicyclic amines) is 1. The monoisotopic (exact) mass is 322 g/mol. The third-order valence-corrected chi connectivity index (χ3v) is 4.53. The summed E-state index contributed by atoms with van der Waals surface area (Å²) in [4.78, 5) is 36.2. The van der Waals surface area contributed by atoms with Gasteiger partial charge in [0.2, 0.25) is 5.56 Å². The molecule has 0 unspecified atom stereocenters. The van der Waals surface area contributed by atoms with Crippen LogP contribution in [0.15, 0.2) is 47.4 Å². The van der Waals surface area contributed by atoms with Crippen LogP contribution >= 0.6 is 0 Å². The Kier molecular flexibility index (Phi) is 3.65. The van der Waals surface area contributed by atoms with Crippen LogP contribution in [0.4, 0.5) is 0 Å². The number of carbonyl (C=O) groups is 1. The van der Waals surface area contributed by atoms with Gasteiger partial charge in [0.25, 0.3) is 5.91 Å². The van der Waals surface area contributed by atoms with Gasteiger partial charge in [-0.3, -0.25) is 9.59 Å². The first kappa shape index (κ1) is 14.7. The van der Waals surface area contributed by atoms with Gasteiger partial charge in [0, 0.05) is 31.3 Å². The number of para-hydroxylation sites is 2. The molecular formula is C18H18N4O2. The number of hydrogen-bond acceptors (Lipinski definition) is 3. The fraction of sp³-hybridized carbons (Fsp3) is 0.278. The molecule has 1 aromatic carbocycles. The first-order valence-electron chi connectivity index (χ1n) is 8.13. The van der Waals surface area contributed by atoms with Crippen LogP contribution in [0.2, 0.25) is 0 Å². The van der Waals surface area contributed by atoms with E-state index in [0.717, 1.165) is 36.2 Å². The standard InChI is InChI=1S/C18H18N4O2/c23-16-8-7-12(10-19-16)18(24)22-9-3-4-13(11-22)17-20-14-5-1-2-6-15(14)21-17/h1-2,5-8,10,13H,3-4,9,11H2,(H,19,23)(H,20,21)/t13-/m1/s1. The van der Waals surface area contributed by atoms with Crippen molar-refractivity contribution in [2.24, 2.45) is 0 Å². The molecule has 0 aliphatic carbocycles. The van der Waals surface area contributed by atoms with Crippen LogP contribution in [0, 0.1) is 0 Å². The molecule has 3 aromatic rings. The molecule has 2 aromatic heterocycles. The van der Waals surface area contributed by atoms with E-state index in [9.17, 15) is 9.59 Å². The van der Waals surface area contributed by atoms with E-state index in [1.165, 1.54) is 12.3 Å². The summed E-state index contributed by atoms with van der Waals surface area (Å²) in [5.41, 5.74) is 2.29. The minimum Gasteiger partial charge on any atom is -0.342 e. The SMILES string of the molecule is O=C(c1ccc(=O)[nH]c1)N1CCC[C@@H](c2nc3ccccc3[nH]2)C1. The van der Waals surface area contributed by atoms with E-state index in [-0.39, 0.29) is 17.4 Å². The fourth-order valence-corrected chi connectivity index (χ4v) is 3.28. The number of piperidine rings is 1. The van der Waals surface area contributed by atoms with Gasteiger partial charge in [0.1, 0.15) is 5.82 Å². The average Bonchev–Trinajstić information content (AvgIpc) is 3.06. The molecule has 0 spiro atoms. The predicted octanol–water partition coefficient (Wildman–Crippen LogP) is 2.27. The van der Waals surface area contributed by atoms with Gasteiger partial charge < -0.3 is 14.9 Å². The highest BCUT2D eigenvalue weighted by Crippen LogP contribution is 2.27. The molecular weight excluding hydrogens is 304 g/mol. The summed E-state index contributed by atoms with van der Waals surface area (Å²) in [6.45, 7) is 1.37. The number of rotatable bonds is 2. The number of aromatic amines is 2. The number of fused-ring (bicyclic) bond motifs is 1. The topological polar surface area (TPSA) is 81.8 Å². The summed E-state index contributed by atoms with van der Waals surface area (Å²) in [6, 6.07) is 10.9. The van der Waals surface area contributed by atoms with Gasteiger partial charge in [-0.2, -0.15) is 0 Å². The lowest BCUT2D eigenvalue weighted by Gasteiger charge is -2.31. The predicted molar refractivity (Wildman–Crippen MR) is 91.0 cm³/mol. The molecule has 4 rings (SSSR count). The molecule has 122 valence electrons. The molecule has 1 amide bonds. The van der Waals surface area contributed by atoms with Crippen LogP contribution in [-0.4, -0.2) is 38.8 Å². The van der Waals surface area contributed by atoms with Crippen LogP contribution in [0.1, 0.15) is 34.9 Å². The number of hydrogen-bond donors (Lipinski definition) is 2. The first-order chi connectivity index (χ1) is 11.7. The maximum Gasteiger partial charge on any atom is 0.255 e. The highest BCUT2D eigenvalue weighted by molar-refractivity contribution is 5.94. The molecule has 3 heterocycles. The number of nitrogens with zero attached hydrogens (tertiary/aromatic N) is 2. The summed E-state index contributed by atoms with van der Waals surface area (Å²) in [5, 5.41) is 0. The molecule has 0 radical (unpaired) electrons. The van der Waals surface area contributed by atoms with Crippen molar-refractivity contribution in [2.75, 3.05) is 13.1 Å². The van der Waals surface area contributed by atoms with Gasteiger partial charge in [-0.05, 0) is 31.0 Å². The lowest BCUT2D eigenvalue weighted by molar-refractivity contribution is 0.0704. The number of H-pyrrole nitrogens is 2. The van der Waals surface area contributed by atoms with Gasteiger partial charge in [-0.15, -0.1) is 0 Å². The van der Waals surface area contributed by atoms with Crippen molar-refractivity contribution in [3.63, 3.8) is 0 Å². The number of carbonyl (C=O) groups excluding carboxylic acids is 1. The Morgan fingerprint density at radius 2 is 2.08 bits per heavy atom. The largest absolute Gasteiger partial charge is 0.342 e. The van der Waals surface area contributed by atoms with E-state index in [1.807, 2.05) is 29.2 Å². The fourth-order valence-electron chi connectivity index (χ4n) is 3.28. The number of aromatic nitrogens is 3. The van der Waals surface area contributed by atoms with Crippen molar-refractivity contribution >= 4 is 16.9 Å². The summed E-state index contributed by atoms with van der Waals surface area (Å²) < 4.78 is 0. The van der Waals surface area contributed by atoms with Gasteiger partial charge in [-0.25, -0.2) is 4.98 Å². The van der Waals surface area contributed by atoms with Gasteiger partial charge >= 0.3 is 0 Å². The molecule has 1 atom stereocenters. The Balaban J connectivity index is 1.55. The second kappa shape index (κ2) is 5.96. The Morgan fingerprint density at radius 1 is 1.21 bits per heavy atom. The molecule has 6 heteroatoms. The minimum atomic E-state index is -0.203. The molecule has 6 nitrogen and oxygen atoms in total. The average molecular weight is 322 g/mol. The number of nitrogens with one attached hydrogen (secondary N) is 2. The number of imidazole rings is 1. The van der Waals surface area contributed by atoms with Crippen LogP contribution in [0.3, 0.4) is 0 Å². The van der Waals surface area contributed by atoms with Crippen LogP contribution in [0.25, 0.3) is 11.0 Å². The minimum absolute atomic E-state index is 0.0490.